The Kier molecular flexibility index (Phi) is 6.67. The van der Waals surface area contributed by atoms with E-state index in [1.165, 1.54) is 0 Å². The number of amides is 2. The Morgan fingerprint density at radius 3 is 2.96 bits per heavy atom. The number of hydrogen-bond donors (Lipinski definition) is 2. The third-order valence-electron chi connectivity index (χ3n) is 3.69. The Morgan fingerprint density at radius 2 is 2.22 bits per heavy atom. The van der Waals surface area contributed by atoms with E-state index in [2.05, 4.69) is 29.4 Å². The third-order valence-corrected chi connectivity index (χ3v) is 3.69. The molecular weight excluding hydrogens is 294 g/mol. The minimum Gasteiger partial charge on any atom is -0.495 e. The van der Waals surface area contributed by atoms with E-state index in [1.54, 1.807) is 13.2 Å². The predicted octanol–water partition coefficient (Wildman–Crippen LogP) is 2.17. The van der Waals surface area contributed by atoms with Gasteiger partial charge in [-0.1, -0.05) is 26.0 Å². The van der Waals surface area contributed by atoms with Crippen LogP contribution in [0.1, 0.15) is 13.8 Å². The molecule has 1 aliphatic rings. The van der Waals surface area contributed by atoms with Gasteiger partial charge >= 0.3 is 6.03 Å². The molecule has 0 radical (unpaired) electrons. The molecule has 0 aromatic heterocycles. The first-order valence-corrected chi connectivity index (χ1v) is 8.10. The largest absolute Gasteiger partial charge is 0.495 e. The summed E-state index contributed by atoms with van der Waals surface area (Å²) in [7, 11) is 1.58. The van der Waals surface area contributed by atoms with Gasteiger partial charge in [-0.05, 0) is 18.1 Å². The number of rotatable bonds is 6. The molecule has 128 valence electrons. The number of nitrogens with zero attached hydrogens (tertiary/aromatic N) is 1. The summed E-state index contributed by atoms with van der Waals surface area (Å²) in [4.78, 5) is 14.4. The number of hydrogen-bond acceptors (Lipinski definition) is 4. The van der Waals surface area contributed by atoms with Crippen molar-refractivity contribution in [2.24, 2.45) is 5.92 Å². The highest BCUT2D eigenvalue weighted by atomic mass is 16.5. The quantitative estimate of drug-likeness (QED) is 0.843. The molecule has 0 aliphatic carbocycles. The summed E-state index contributed by atoms with van der Waals surface area (Å²) in [5.74, 6) is 1.27. The first-order chi connectivity index (χ1) is 11.1. The second-order valence-corrected chi connectivity index (χ2v) is 6.18. The number of para-hydroxylation sites is 2. The van der Waals surface area contributed by atoms with Crippen molar-refractivity contribution in [1.82, 2.24) is 10.2 Å². The van der Waals surface area contributed by atoms with Crippen molar-refractivity contribution in [2.45, 2.75) is 20.0 Å². The van der Waals surface area contributed by atoms with Gasteiger partial charge in [-0.15, -0.1) is 0 Å². The van der Waals surface area contributed by atoms with Gasteiger partial charge in [-0.2, -0.15) is 0 Å². The van der Waals surface area contributed by atoms with Crippen LogP contribution >= 0.6 is 0 Å². The van der Waals surface area contributed by atoms with Crippen LogP contribution < -0.4 is 15.4 Å². The molecule has 23 heavy (non-hydrogen) atoms. The summed E-state index contributed by atoms with van der Waals surface area (Å²) in [5.41, 5.74) is 0.651. The molecule has 1 fully saturated rings. The van der Waals surface area contributed by atoms with Crippen molar-refractivity contribution in [3.63, 3.8) is 0 Å². The number of carbonyl (C=O) groups is 1. The zero-order chi connectivity index (χ0) is 16.7. The van der Waals surface area contributed by atoms with Crippen molar-refractivity contribution in [2.75, 3.05) is 45.2 Å². The van der Waals surface area contributed by atoms with Gasteiger partial charge < -0.3 is 20.1 Å². The van der Waals surface area contributed by atoms with Crippen LogP contribution in [0.4, 0.5) is 10.5 Å². The summed E-state index contributed by atoms with van der Waals surface area (Å²) in [5, 5.41) is 5.67. The Morgan fingerprint density at radius 1 is 1.43 bits per heavy atom. The SMILES string of the molecule is COc1ccccc1NC(=O)NCC1CN(CC(C)C)CCO1. The van der Waals surface area contributed by atoms with Gasteiger partial charge in [0.2, 0.25) is 0 Å². The minimum atomic E-state index is -0.251. The number of nitrogens with one attached hydrogen (secondary N) is 2. The lowest BCUT2D eigenvalue weighted by molar-refractivity contribution is -0.0288. The fourth-order valence-corrected chi connectivity index (χ4v) is 2.71. The molecule has 0 saturated carbocycles. The fraction of sp³-hybridized carbons (Fsp3) is 0.588. The van der Waals surface area contributed by atoms with Crippen LogP contribution in [0.2, 0.25) is 0 Å². The molecule has 0 spiro atoms. The van der Waals surface area contributed by atoms with Crippen LogP contribution in [0.5, 0.6) is 5.75 Å². The van der Waals surface area contributed by atoms with Crippen LogP contribution in [0.3, 0.4) is 0 Å². The van der Waals surface area contributed by atoms with Gasteiger partial charge in [0.1, 0.15) is 5.75 Å². The van der Waals surface area contributed by atoms with E-state index in [9.17, 15) is 4.79 Å². The Bertz CT molecular complexity index is 508. The highest BCUT2D eigenvalue weighted by Crippen LogP contribution is 2.22. The number of anilines is 1. The Labute approximate surface area is 138 Å². The van der Waals surface area contributed by atoms with E-state index in [4.69, 9.17) is 9.47 Å². The fourth-order valence-electron chi connectivity index (χ4n) is 2.71. The summed E-state index contributed by atoms with van der Waals surface area (Å²) >= 11 is 0. The van der Waals surface area contributed by atoms with Crippen molar-refractivity contribution < 1.29 is 14.3 Å². The Hall–Kier alpha value is -1.79. The smallest absolute Gasteiger partial charge is 0.319 e. The standard InChI is InChI=1S/C17H27N3O3/c1-13(2)11-20-8-9-23-14(12-20)10-18-17(21)19-15-6-4-5-7-16(15)22-3/h4-7,13-14H,8-12H2,1-3H3,(H2,18,19,21). The van der Waals surface area contributed by atoms with Crippen LogP contribution in [0.25, 0.3) is 0 Å². The van der Waals surface area contributed by atoms with Crippen molar-refractivity contribution in [3.05, 3.63) is 24.3 Å². The van der Waals surface area contributed by atoms with E-state index in [1.807, 2.05) is 18.2 Å². The maximum atomic E-state index is 12.0. The van der Waals surface area contributed by atoms with E-state index in [0.29, 0.717) is 30.5 Å². The summed E-state index contributed by atoms with van der Waals surface area (Å²) < 4.78 is 10.9. The predicted molar refractivity (Wildman–Crippen MR) is 91.0 cm³/mol. The zero-order valence-corrected chi connectivity index (χ0v) is 14.2. The molecule has 2 rings (SSSR count). The molecular formula is C17H27N3O3. The van der Waals surface area contributed by atoms with Crippen LogP contribution in [0, 0.1) is 5.92 Å². The van der Waals surface area contributed by atoms with Gasteiger partial charge in [0.25, 0.3) is 0 Å². The first kappa shape index (κ1) is 17.6. The number of morpholine rings is 1. The first-order valence-electron chi connectivity index (χ1n) is 8.10. The highest BCUT2D eigenvalue weighted by Gasteiger charge is 2.21. The molecule has 1 heterocycles. The van der Waals surface area contributed by atoms with Crippen LogP contribution in [-0.2, 0) is 4.74 Å². The third kappa shape index (κ3) is 5.73. The summed E-state index contributed by atoms with van der Waals surface area (Å²) in [6, 6.07) is 7.08. The molecule has 2 N–H and O–H groups in total. The Balaban J connectivity index is 1.77. The maximum Gasteiger partial charge on any atom is 0.319 e. The summed E-state index contributed by atoms with van der Waals surface area (Å²) in [6.07, 6.45) is 0.0333. The molecule has 1 aromatic rings. The van der Waals surface area contributed by atoms with E-state index >= 15 is 0 Å². The van der Waals surface area contributed by atoms with Crippen molar-refractivity contribution in [3.8, 4) is 5.75 Å². The summed E-state index contributed by atoms with van der Waals surface area (Å²) in [6.45, 7) is 8.51. The van der Waals surface area contributed by atoms with E-state index in [0.717, 1.165) is 19.6 Å². The number of methoxy groups -OCH3 is 1. The molecule has 0 bridgehead atoms. The minimum absolute atomic E-state index is 0.0333. The second kappa shape index (κ2) is 8.74. The van der Waals surface area contributed by atoms with Crippen molar-refractivity contribution in [1.29, 1.82) is 0 Å². The van der Waals surface area contributed by atoms with Gasteiger partial charge in [0, 0.05) is 26.2 Å². The topological polar surface area (TPSA) is 62.8 Å². The van der Waals surface area contributed by atoms with Gasteiger partial charge in [0.05, 0.1) is 25.5 Å². The maximum absolute atomic E-state index is 12.0. The zero-order valence-electron chi connectivity index (χ0n) is 14.2. The number of carbonyl (C=O) groups excluding carboxylic acids is 1. The number of ether oxygens (including phenoxy) is 2. The van der Waals surface area contributed by atoms with Gasteiger partial charge in [-0.3, -0.25) is 4.90 Å². The van der Waals surface area contributed by atoms with E-state index < -0.39 is 0 Å². The molecule has 1 atom stereocenters. The lowest BCUT2D eigenvalue weighted by Crippen LogP contribution is -2.48. The van der Waals surface area contributed by atoms with Crippen LogP contribution in [-0.4, -0.2) is 56.9 Å². The molecule has 1 unspecified atom stereocenters. The second-order valence-electron chi connectivity index (χ2n) is 6.18. The molecule has 1 aromatic carbocycles. The molecule has 2 amide bonds. The van der Waals surface area contributed by atoms with Crippen molar-refractivity contribution >= 4 is 11.7 Å². The average molecular weight is 321 g/mol. The van der Waals surface area contributed by atoms with Crippen LogP contribution in [0.15, 0.2) is 24.3 Å². The normalized spacial score (nSPS) is 18.7. The van der Waals surface area contributed by atoms with E-state index in [-0.39, 0.29) is 12.1 Å². The molecule has 6 heteroatoms. The van der Waals surface area contributed by atoms with Gasteiger partial charge in [0.15, 0.2) is 0 Å². The molecule has 1 aliphatic heterocycles. The molecule has 1 saturated heterocycles. The monoisotopic (exact) mass is 321 g/mol. The average Bonchev–Trinajstić information content (AvgIpc) is 2.53. The van der Waals surface area contributed by atoms with Gasteiger partial charge in [-0.25, -0.2) is 4.79 Å². The lowest BCUT2D eigenvalue weighted by atomic mass is 10.2. The number of urea groups is 1. The molecule has 6 nitrogen and oxygen atoms in total. The number of benzene rings is 1. The lowest BCUT2D eigenvalue weighted by Gasteiger charge is -2.33. The highest BCUT2D eigenvalue weighted by molar-refractivity contribution is 5.90.